The molecule has 22 heavy (non-hydrogen) atoms. The topological polar surface area (TPSA) is 3.24 Å². The highest BCUT2D eigenvalue weighted by Gasteiger charge is 2.26. The highest BCUT2D eigenvalue weighted by molar-refractivity contribution is 8.00. The van der Waals surface area contributed by atoms with Crippen LogP contribution < -0.4 is 15.8 Å². The van der Waals surface area contributed by atoms with Gasteiger partial charge in [-0.25, -0.2) is 0 Å². The van der Waals surface area contributed by atoms with E-state index >= 15 is 0 Å². The van der Waals surface area contributed by atoms with Crippen LogP contribution in [0.1, 0.15) is 0 Å². The third kappa shape index (κ3) is 2.06. The van der Waals surface area contributed by atoms with Crippen molar-refractivity contribution in [2.24, 2.45) is 0 Å². The molecule has 4 radical (unpaired) electrons. The van der Waals surface area contributed by atoms with Gasteiger partial charge in [-0.3, -0.25) is 0 Å². The van der Waals surface area contributed by atoms with Gasteiger partial charge in [-0.05, 0) is 24.3 Å². The Morgan fingerprint density at radius 3 is 1.73 bits per heavy atom. The van der Waals surface area contributed by atoms with Gasteiger partial charge in [-0.2, -0.15) is 0 Å². The van der Waals surface area contributed by atoms with Gasteiger partial charge in [0.15, 0.2) is 0 Å². The summed E-state index contributed by atoms with van der Waals surface area (Å²) in [6.45, 7) is 0. The molecule has 1 aliphatic heterocycles. The van der Waals surface area contributed by atoms with Crippen molar-refractivity contribution in [3.63, 3.8) is 0 Å². The van der Waals surface area contributed by atoms with Gasteiger partial charge in [0.05, 0.1) is 11.4 Å². The van der Waals surface area contributed by atoms with Crippen molar-refractivity contribution in [3.8, 4) is 0 Å². The maximum atomic E-state index is 6.20. The van der Waals surface area contributed by atoms with Crippen LogP contribution in [-0.2, 0) is 0 Å². The van der Waals surface area contributed by atoms with Gasteiger partial charge >= 0.3 is 0 Å². The molecule has 0 saturated carbocycles. The minimum absolute atomic E-state index is 0.775. The molecular weight excluding hydrogens is 284 g/mol. The van der Waals surface area contributed by atoms with Crippen LogP contribution in [0.15, 0.2) is 76.5 Å². The first kappa shape index (κ1) is 13.6. The highest BCUT2D eigenvalue weighted by Crippen LogP contribution is 2.49. The third-order valence-corrected chi connectivity index (χ3v) is 5.05. The van der Waals surface area contributed by atoms with Crippen LogP contribution in [0.2, 0.25) is 0 Å². The lowest BCUT2D eigenvalue weighted by Gasteiger charge is -2.34. The van der Waals surface area contributed by atoms with E-state index in [4.69, 9.17) is 15.7 Å². The second-order valence-corrected chi connectivity index (χ2v) is 6.18. The zero-order valence-corrected chi connectivity index (χ0v) is 12.7. The Bertz CT molecular complexity index is 797. The first-order valence-electron chi connectivity index (χ1n) is 7.06. The molecule has 4 rings (SSSR count). The molecule has 0 aliphatic carbocycles. The number of anilines is 3. The molecule has 0 unspecified atom stereocenters. The van der Waals surface area contributed by atoms with Crippen LogP contribution in [-0.4, -0.2) is 15.7 Å². The van der Waals surface area contributed by atoms with E-state index in [-0.39, 0.29) is 0 Å². The first-order valence-corrected chi connectivity index (χ1v) is 7.87. The van der Waals surface area contributed by atoms with Crippen LogP contribution in [0, 0.1) is 0 Å². The molecule has 1 heterocycles. The Hall–Kier alpha value is -2.06. The molecule has 3 aromatic rings. The molecule has 4 heteroatoms. The molecule has 1 aliphatic rings. The Balaban J connectivity index is 2.02. The van der Waals surface area contributed by atoms with Gasteiger partial charge in [0, 0.05) is 15.5 Å². The van der Waals surface area contributed by atoms with E-state index in [0.29, 0.717) is 0 Å². The summed E-state index contributed by atoms with van der Waals surface area (Å²) in [7, 11) is 12.4. The van der Waals surface area contributed by atoms with Gasteiger partial charge in [0.25, 0.3) is 0 Å². The lowest BCUT2D eigenvalue weighted by atomic mass is 9.93. The number of fused-ring (bicyclic) bond motifs is 2. The molecule has 1 nitrogen and oxygen atoms in total. The van der Waals surface area contributed by atoms with Crippen molar-refractivity contribution in [2.45, 2.75) is 9.79 Å². The Labute approximate surface area is 137 Å². The largest absolute Gasteiger partial charge is 0.308 e. The zero-order valence-electron chi connectivity index (χ0n) is 11.9. The monoisotopic (exact) mass is 295 g/mol. The number of rotatable bonds is 1. The summed E-state index contributed by atoms with van der Waals surface area (Å²) in [6, 6.07) is 22.3. The van der Waals surface area contributed by atoms with Crippen molar-refractivity contribution < 1.29 is 0 Å². The molecule has 3 aromatic carbocycles. The second-order valence-electron chi connectivity index (χ2n) is 5.16. The molecule has 0 spiro atoms. The minimum atomic E-state index is 0.775. The highest BCUT2D eigenvalue weighted by atomic mass is 32.2. The molecule has 0 bridgehead atoms. The van der Waals surface area contributed by atoms with E-state index in [1.807, 2.05) is 42.5 Å². The number of para-hydroxylation sites is 1. The lowest BCUT2D eigenvalue weighted by Crippen LogP contribution is -2.23. The summed E-state index contributed by atoms with van der Waals surface area (Å²) < 4.78 is 0. The number of nitrogens with zero attached hydrogens (tertiary/aromatic N) is 1. The molecule has 100 valence electrons. The zero-order chi connectivity index (χ0) is 15.1. The molecule has 0 amide bonds. The standard InChI is InChI=1S/C18H11B2NS/c19-13-8-4-10-15-17(13)22-18-14(20)9-5-11-16(18)21(15)12-6-2-1-3-7-12/h1-11H. The van der Waals surface area contributed by atoms with Crippen LogP contribution in [0.5, 0.6) is 0 Å². The molecule has 0 aromatic heterocycles. The van der Waals surface area contributed by atoms with E-state index in [0.717, 1.165) is 37.8 Å². The van der Waals surface area contributed by atoms with Gasteiger partial charge in [0.2, 0.25) is 0 Å². The van der Waals surface area contributed by atoms with E-state index < -0.39 is 0 Å². The summed E-state index contributed by atoms with van der Waals surface area (Å²) >= 11 is 1.64. The Morgan fingerprint density at radius 2 is 1.18 bits per heavy atom. The van der Waals surface area contributed by atoms with E-state index in [1.54, 1.807) is 11.8 Å². The first-order chi connectivity index (χ1) is 10.8. The van der Waals surface area contributed by atoms with Gasteiger partial charge < -0.3 is 4.90 Å². The van der Waals surface area contributed by atoms with Crippen molar-refractivity contribution in [3.05, 3.63) is 66.7 Å². The molecule has 0 N–H and O–H groups in total. The van der Waals surface area contributed by atoms with E-state index in [1.165, 1.54) is 0 Å². The third-order valence-electron chi connectivity index (χ3n) is 3.75. The maximum absolute atomic E-state index is 6.20. The Morgan fingerprint density at radius 1 is 0.636 bits per heavy atom. The number of hydrogen-bond donors (Lipinski definition) is 0. The molecule has 0 fully saturated rings. The predicted molar refractivity (Wildman–Crippen MR) is 96.0 cm³/mol. The summed E-state index contributed by atoms with van der Waals surface area (Å²) in [5.74, 6) is 0. The summed E-state index contributed by atoms with van der Waals surface area (Å²) in [4.78, 5) is 4.32. The normalized spacial score (nSPS) is 12.6. The summed E-state index contributed by atoms with van der Waals surface area (Å²) in [6.07, 6.45) is 0. The molecule has 0 atom stereocenters. The minimum Gasteiger partial charge on any atom is -0.308 e. The van der Waals surface area contributed by atoms with Crippen LogP contribution in [0.3, 0.4) is 0 Å². The fourth-order valence-electron chi connectivity index (χ4n) is 2.75. The smallest absolute Gasteiger partial charge is 0.115 e. The maximum Gasteiger partial charge on any atom is 0.115 e. The van der Waals surface area contributed by atoms with Crippen LogP contribution in [0.25, 0.3) is 0 Å². The summed E-state index contributed by atoms with van der Waals surface area (Å²) in [5.41, 5.74) is 4.83. The van der Waals surface area contributed by atoms with Crippen molar-refractivity contribution in [1.29, 1.82) is 0 Å². The van der Waals surface area contributed by atoms with Gasteiger partial charge in [0.1, 0.15) is 15.7 Å². The van der Waals surface area contributed by atoms with E-state index in [2.05, 4.69) is 29.2 Å². The summed E-state index contributed by atoms with van der Waals surface area (Å²) in [5, 5.41) is 0. The molecule has 0 saturated heterocycles. The van der Waals surface area contributed by atoms with Gasteiger partial charge in [-0.1, -0.05) is 65.2 Å². The van der Waals surface area contributed by atoms with Crippen molar-refractivity contribution in [2.75, 3.05) is 4.90 Å². The van der Waals surface area contributed by atoms with Crippen molar-refractivity contribution in [1.82, 2.24) is 0 Å². The SMILES string of the molecule is [B]c1cccc2c1Sc1c([B])cccc1N2c1ccccc1. The fraction of sp³-hybridized carbons (Fsp3) is 0. The Kier molecular flexibility index (Phi) is 3.27. The fourth-order valence-corrected chi connectivity index (χ4v) is 3.85. The average molecular weight is 295 g/mol. The number of hydrogen-bond acceptors (Lipinski definition) is 2. The quantitative estimate of drug-likeness (QED) is 0.496. The van der Waals surface area contributed by atoms with E-state index in [9.17, 15) is 0 Å². The number of benzene rings is 3. The lowest BCUT2D eigenvalue weighted by molar-refractivity contribution is 1.18. The van der Waals surface area contributed by atoms with Gasteiger partial charge in [-0.15, -0.1) is 0 Å². The van der Waals surface area contributed by atoms with Crippen LogP contribution in [0.4, 0.5) is 17.1 Å². The molecular formula is C18H11B2NS. The second kappa shape index (κ2) is 5.29. The van der Waals surface area contributed by atoms with Crippen molar-refractivity contribution >= 4 is 55.4 Å². The predicted octanol–water partition coefficient (Wildman–Crippen LogP) is 3.21. The average Bonchev–Trinajstić information content (AvgIpc) is 2.55. The van der Waals surface area contributed by atoms with Crippen LogP contribution >= 0.6 is 11.8 Å².